The second-order valence-electron chi connectivity index (χ2n) is 14.1. The summed E-state index contributed by atoms with van der Waals surface area (Å²) in [5.41, 5.74) is 0.924. The molecule has 6 aliphatic rings. The van der Waals surface area contributed by atoms with E-state index in [0.717, 1.165) is 25.7 Å². The first-order valence-corrected chi connectivity index (χ1v) is 15.3. The van der Waals surface area contributed by atoms with Gasteiger partial charge in [-0.1, -0.05) is 78.0 Å². The van der Waals surface area contributed by atoms with Gasteiger partial charge in [-0.2, -0.15) is 0 Å². The third kappa shape index (κ3) is 3.95. The van der Waals surface area contributed by atoms with E-state index in [4.69, 9.17) is 14.5 Å². The van der Waals surface area contributed by atoms with Gasteiger partial charge in [-0.05, 0) is 91.0 Å². The molecule has 2 aliphatic heterocycles. The fraction of sp³-hybridized carbons (Fsp3) is 0.629. The highest BCUT2D eigenvalue weighted by Crippen LogP contribution is 2.71. The van der Waals surface area contributed by atoms with E-state index >= 15 is 0 Å². The summed E-state index contributed by atoms with van der Waals surface area (Å²) in [4.78, 5) is 25.8. The first-order valence-electron chi connectivity index (χ1n) is 15.3. The van der Waals surface area contributed by atoms with Gasteiger partial charge in [0.2, 0.25) is 0 Å². The molecule has 39 heavy (non-hydrogen) atoms. The number of esters is 1. The van der Waals surface area contributed by atoms with Crippen molar-refractivity contribution in [3.05, 3.63) is 71.8 Å². The molecule has 0 radical (unpaired) electrons. The van der Waals surface area contributed by atoms with Crippen LogP contribution in [0.15, 0.2) is 66.3 Å². The van der Waals surface area contributed by atoms with E-state index in [1.807, 2.05) is 30.3 Å². The summed E-state index contributed by atoms with van der Waals surface area (Å²) in [7, 11) is 0. The Hall–Kier alpha value is -2.17. The maximum atomic E-state index is 12.8. The Labute approximate surface area is 234 Å². The molecule has 1 aromatic carbocycles. The van der Waals surface area contributed by atoms with Crippen molar-refractivity contribution in [3.63, 3.8) is 0 Å². The molecule has 4 heteroatoms. The van der Waals surface area contributed by atoms with Gasteiger partial charge < -0.3 is 4.74 Å². The predicted octanol–water partition coefficient (Wildman–Crippen LogP) is 8.26. The summed E-state index contributed by atoms with van der Waals surface area (Å²) in [6.45, 7) is 14.2. The molecule has 1 aromatic rings. The topological polar surface area (TPSA) is 44.8 Å². The van der Waals surface area contributed by atoms with Crippen molar-refractivity contribution in [1.82, 2.24) is 0 Å². The summed E-state index contributed by atoms with van der Waals surface area (Å²) in [5.74, 6) is 2.55. The minimum atomic E-state index is -0.602. The normalized spacial score (nSPS) is 42.0. The van der Waals surface area contributed by atoms with Gasteiger partial charge in [0.15, 0.2) is 0 Å². The summed E-state index contributed by atoms with van der Waals surface area (Å²) >= 11 is 0. The maximum absolute atomic E-state index is 12.8. The second-order valence-corrected chi connectivity index (χ2v) is 14.1. The smallest absolute Gasteiger partial charge is 0.338 e. The first kappa shape index (κ1) is 27.0. The molecule has 0 N–H and O–H groups in total. The molecule has 2 bridgehead atoms. The number of hydrogen-bond acceptors (Lipinski definition) is 4. The van der Waals surface area contributed by atoms with Gasteiger partial charge in [-0.3, -0.25) is 0 Å². The number of carbonyl (C=O) groups excluding carboxylic acids is 1. The quantitative estimate of drug-likeness (QED) is 0.211. The molecule has 2 heterocycles. The number of allylic oxidation sites excluding steroid dienone is 3. The molecule has 210 valence electrons. The Morgan fingerprint density at radius 1 is 1.00 bits per heavy atom. The van der Waals surface area contributed by atoms with Gasteiger partial charge in [0.25, 0.3) is 0 Å². The monoisotopic (exact) mass is 530 g/mol. The fourth-order valence-corrected chi connectivity index (χ4v) is 8.89. The zero-order valence-corrected chi connectivity index (χ0v) is 24.6. The van der Waals surface area contributed by atoms with E-state index < -0.39 is 11.2 Å². The number of carbonyl (C=O) groups is 1. The van der Waals surface area contributed by atoms with E-state index in [1.165, 1.54) is 12.0 Å². The largest absolute Gasteiger partial charge is 0.459 e. The van der Waals surface area contributed by atoms with E-state index in [2.05, 4.69) is 71.9 Å². The van der Waals surface area contributed by atoms with Gasteiger partial charge in [-0.15, -0.1) is 0 Å². The average molecular weight is 531 g/mol. The highest BCUT2D eigenvalue weighted by molar-refractivity contribution is 5.89. The average Bonchev–Trinajstić information content (AvgIpc) is 3.30. The van der Waals surface area contributed by atoms with Gasteiger partial charge in [-0.25, -0.2) is 14.6 Å². The van der Waals surface area contributed by atoms with Crippen LogP contribution in [0, 0.1) is 40.4 Å². The highest BCUT2D eigenvalue weighted by atomic mass is 17.2. The zero-order valence-electron chi connectivity index (χ0n) is 24.6. The van der Waals surface area contributed by atoms with E-state index in [1.54, 1.807) is 0 Å². The molecule has 9 atom stereocenters. The SMILES string of the molecule is CC(C)[C@@H](C)/C=C/[C@@H](C)[C@@H]1CC[C@@H]2[C@]1(C)CC=C1[C@]3(C)CC[C@H](OC(=O)c4ccccc4)C[C@]34C=C[C@@]12OO4. The summed E-state index contributed by atoms with van der Waals surface area (Å²) in [6.07, 6.45) is 17.7. The highest BCUT2D eigenvalue weighted by Gasteiger charge is 2.72. The van der Waals surface area contributed by atoms with Gasteiger partial charge in [0.1, 0.15) is 17.3 Å². The van der Waals surface area contributed by atoms with Crippen LogP contribution in [0.2, 0.25) is 0 Å². The number of fused-ring (bicyclic) bond motifs is 2. The Bertz CT molecular complexity index is 1200. The Morgan fingerprint density at radius 3 is 2.46 bits per heavy atom. The maximum Gasteiger partial charge on any atom is 0.338 e. The van der Waals surface area contributed by atoms with Crippen LogP contribution in [0.5, 0.6) is 0 Å². The van der Waals surface area contributed by atoms with Gasteiger partial charge in [0, 0.05) is 17.8 Å². The van der Waals surface area contributed by atoms with E-state index in [9.17, 15) is 4.79 Å². The van der Waals surface area contributed by atoms with Crippen LogP contribution in [0.4, 0.5) is 0 Å². The fourth-order valence-electron chi connectivity index (χ4n) is 8.89. The number of hydrogen-bond donors (Lipinski definition) is 0. The van der Waals surface area contributed by atoms with Crippen molar-refractivity contribution < 1.29 is 19.3 Å². The first-order chi connectivity index (χ1) is 18.5. The summed E-state index contributed by atoms with van der Waals surface area (Å²) in [5, 5.41) is 0. The van der Waals surface area contributed by atoms with Crippen molar-refractivity contribution in [2.75, 3.05) is 0 Å². The molecule has 0 aromatic heterocycles. The molecular formula is C35H46O4. The van der Waals surface area contributed by atoms with Crippen LogP contribution in [0.1, 0.15) is 90.4 Å². The van der Waals surface area contributed by atoms with E-state index in [0.29, 0.717) is 41.6 Å². The Balaban J connectivity index is 1.25. The van der Waals surface area contributed by atoms with Crippen LogP contribution in [-0.4, -0.2) is 23.3 Å². The summed E-state index contributed by atoms with van der Waals surface area (Å²) in [6, 6.07) is 9.27. The number of ether oxygens (including phenoxy) is 1. The molecule has 4 aliphatic carbocycles. The van der Waals surface area contributed by atoms with Crippen LogP contribution in [-0.2, 0) is 14.5 Å². The molecule has 7 rings (SSSR count). The lowest BCUT2D eigenvalue weighted by Crippen LogP contribution is -2.69. The minimum absolute atomic E-state index is 0.159. The van der Waals surface area contributed by atoms with Crippen molar-refractivity contribution in [1.29, 1.82) is 0 Å². The van der Waals surface area contributed by atoms with Crippen LogP contribution < -0.4 is 0 Å². The second kappa shape index (κ2) is 9.45. The lowest BCUT2D eigenvalue weighted by Gasteiger charge is -2.66. The predicted molar refractivity (Wildman–Crippen MR) is 154 cm³/mol. The molecule has 3 fully saturated rings. The van der Waals surface area contributed by atoms with Crippen LogP contribution >= 0.6 is 0 Å². The molecule has 4 nitrogen and oxygen atoms in total. The Kier molecular flexibility index (Phi) is 6.55. The zero-order chi connectivity index (χ0) is 27.6. The molecule has 2 spiro atoms. The van der Waals surface area contributed by atoms with Crippen LogP contribution in [0.25, 0.3) is 0 Å². The lowest BCUT2D eigenvalue weighted by atomic mass is 9.46. The van der Waals surface area contributed by atoms with Crippen molar-refractivity contribution >= 4 is 5.97 Å². The number of rotatable bonds is 6. The van der Waals surface area contributed by atoms with Crippen molar-refractivity contribution in [2.45, 2.75) is 97.4 Å². The molecule has 1 saturated heterocycles. The number of benzene rings is 1. The van der Waals surface area contributed by atoms with Gasteiger partial charge in [0.05, 0.1) is 5.56 Å². The van der Waals surface area contributed by atoms with E-state index in [-0.39, 0.29) is 22.9 Å². The molecular weight excluding hydrogens is 484 g/mol. The van der Waals surface area contributed by atoms with Crippen LogP contribution in [0.3, 0.4) is 0 Å². The minimum Gasteiger partial charge on any atom is -0.459 e. The van der Waals surface area contributed by atoms with Gasteiger partial charge >= 0.3 is 5.97 Å². The van der Waals surface area contributed by atoms with Crippen molar-refractivity contribution in [2.24, 2.45) is 40.4 Å². The molecule has 0 unspecified atom stereocenters. The third-order valence-corrected chi connectivity index (χ3v) is 11.7. The Morgan fingerprint density at radius 2 is 1.77 bits per heavy atom. The van der Waals surface area contributed by atoms with Crippen molar-refractivity contribution in [3.8, 4) is 0 Å². The molecule has 0 amide bonds. The molecule has 2 saturated carbocycles. The lowest BCUT2D eigenvalue weighted by molar-refractivity contribution is -0.455. The summed E-state index contributed by atoms with van der Waals surface area (Å²) < 4.78 is 6.00. The third-order valence-electron chi connectivity index (χ3n) is 11.7. The standard InChI is InChI=1S/C35H46O4/c1-23(2)24(3)12-13-25(4)28-14-15-29-32(28,5)18-17-30-33(6)19-16-27(37-31(36)26-10-8-7-9-11-26)22-34(33)20-21-35(29,30)39-38-34/h7-13,17,20-21,23-25,27-29H,14-16,18-19,22H2,1-6H3/b13-12+/t24-,25+,27-,28-,29+,32+,33-,34+,35-/m0/s1.